The van der Waals surface area contributed by atoms with Gasteiger partial charge in [0, 0.05) is 4.47 Å². The quantitative estimate of drug-likeness (QED) is 0.244. The maximum Gasteiger partial charge on any atom is 0.335 e. The first-order valence-corrected chi connectivity index (χ1v) is 12.6. The number of urea groups is 1. The first-order valence-electron chi connectivity index (χ1n) is 10.2. The van der Waals surface area contributed by atoms with Crippen LogP contribution in [0.2, 0.25) is 0 Å². The Balaban J connectivity index is 1.61. The van der Waals surface area contributed by atoms with Crippen LogP contribution in [0.5, 0.6) is 5.75 Å². The average molecular weight is 667 g/mol. The van der Waals surface area contributed by atoms with Crippen molar-refractivity contribution in [3.63, 3.8) is 0 Å². The van der Waals surface area contributed by atoms with Crippen LogP contribution in [0.1, 0.15) is 16.7 Å². The highest BCUT2D eigenvalue weighted by Gasteiger charge is 2.37. The summed E-state index contributed by atoms with van der Waals surface area (Å²) in [6.45, 7) is 2.04. The van der Waals surface area contributed by atoms with E-state index in [0.29, 0.717) is 25.9 Å². The van der Waals surface area contributed by atoms with Gasteiger partial charge in [-0.1, -0.05) is 28.1 Å². The topological polar surface area (TPSA) is 75.7 Å². The van der Waals surface area contributed by atoms with Crippen molar-refractivity contribution in [2.45, 2.75) is 13.5 Å². The number of hydrogen-bond acceptors (Lipinski definition) is 4. The molecule has 1 aliphatic rings. The molecule has 6 nitrogen and oxygen atoms in total. The van der Waals surface area contributed by atoms with E-state index in [2.05, 4.69) is 53.1 Å². The zero-order valence-electron chi connectivity index (χ0n) is 18.1. The molecule has 1 saturated heterocycles. The molecular formula is C25H16Br3FN2O4. The number of nitrogens with one attached hydrogen (secondary N) is 1. The number of imide groups is 2. The Hall–Kier alpha value is -2.82. The Morgan fingerprint density at radius 2 is 1.60 bits per heavy atom. The number of rotatable bonds is 5. The molecule has 0 spiro atoms. The molecule has 0 atom stereocenters. The van der Waals surface area contributed by atoms with E-state index in [4.69, 9.17) is 4.74 Å². The number of carbonyl (C=O) groups excluding carboxylic acids is 3. The smallest absolute Gasteiger partial charge is 0.335 e. The van der Waals surface area contributed by atoms with Crippen LogP contribution in [0.25, 0.3) is 6.08 Å². The highest BCUT2D eigenvalue weighted by Crippen LogP contribution is 2.36. The minimum atomic E-state index is -0.814. The fraction of sp³-hybridized carbons (Fsp3) is 0.0800. The lowest BCUT2D eigenvalue weighted by molar-refractivity contribution is -0.122. The minimum Gasteiger partial charge on any atom is -0.487 e. The molecule has 1 fully saturated rings. The second-order valence-electron chi connectivity index (χ2n) is 7.62. The predicted octanol–water partition coefficient (Wildman–Crippen LogP) is 6.67. The van der Waals surface area contributed by atoms with Crippen LogP contribution in [0.4, 0.5) is 14.9 Å². The lowest BCUT2D eigenvalue weighted by Gasteiger charge is -2.26. The largest absolute Gasteiger partial charge is 0.487 e. The SMILES string of the molecule is Cc1cc(N2C(=O)NC(=O)/C(=C\c3cc(Br)c(OCc4ccc(F)cc4)c(Br)c3)C2=O)ccc1Br. The van der Waals surface area contributed by atoms with Crippen molar-refractivity contribution >= 4 is 77.4 Å². The third-order valence-electron chi connectivity index (χ3n) is 5.13. The number of anilines is 1. The van der Waals surface area contributed by atoms with Crippen LogP contribution in [0.15, 0.2) is 73.6 Å². The van der Waals surface area contributed by atoms with Crippen molar-refractivity contribution in [3.05, 3.63) is 96.1 Å². The van der Waals surface area contributed by atoms with Crippen LogP contribution in [-0.4, -0.2) is 17.8 Å². The van der Waals surface area contributed by atoms with Crippen molar-refractivity contribution in [3.8, 4) is 5.75 Å². The summed E-state index contributed by atoms with van der Waals surface area (Å²) in [7, 11) is 0. The van der Waals surface area contributed by atoms with E-state index >= 15 is 0 Å². The van der Waals surface area contributed by atoms with E-state index in [-0.39, 0.29) is 18.0 Å². The number of halogens is 4. The van der Waals surface area contributed by atoms with E-state index in [0.717, 1.165) is 20.5 Å². The van der Waals surface area contributed by atoms with Crippen molar-refractivity contribution in [2.75, 3.05) is 4.90 Å². The summed E-state index contributed by atoms with van der Waals surface area (Å²) < 4.78 is 20.9. The first-order chi connectivity index (χ1) is 16.6. The number of barbiturate groups is 1. The Kier molecular flexibility index (Phi) is 7.53. The van der Waals surface area contributed by atoms with Gasteiger partial charge in [-0.3, -0.25) is 14.9 Å². The molecule has 1 heterocycles. The van der Waals surface area contributed by atoms with E-state index in [1.165, 1.54) is 18.2 Å². The Bertz CT molecular complexity index is 1370. The van der Waals surface area contributed by atoms with Gasteiger partial charge in [-0.05, 0) is 104 Å². The summed E-state index contributed by atoms with van der Waals surface area (Å²) in [5, 5.41) is 2.22. The molecule has 0 unspecified atom stereocenters. The van der Waals surface area contributed by atoms with Crippen molar-refractivity contribution in [1.29, 1.82) is 0 Å². The third-order valence-corrected chi connectivity index (χ3v) is 7.20. The molecule has 4 amide bonds. The number of carbonyl (C=O) groups is 3. The van der Waals surface area contributed by atoms with E-state index < -0.39 is 17.8 Å². The molecular weight excluding hydrogens is 651 g/mol. The summed E-state index contributed by atoms with van der Waals surface area (Å²) in [4.78, 5) is 39.0. The summed E-state index contributed by atoms with van der Waals surface area (Å²) in [5.41, 5.74) is 2.29. The van der Waals surface area contributed by atoms with Gasteiger partial charge in [0.05, 0.1) is 14.6 Å². The molecule has 35 heavy (non-hydrogen) atoms. The number of benzene rings is 3. The zero-order valence-corrected chi connectivity index (χ0v) is 22.8. The predicted molar refractivity (Wildman–Crippen MR) is 140 cm³/mol. The molecule has 0 bridgehead atoms. The van der Waals surface area contributed by atoms with Crippen molar-refractivity contribution < 1.29 is 23.5 Å². The van der Waals surface area contributed by atoms with Crippen LogP contribution >= 0.6 is 47.8 Å². The van der Waals surface area contributed by atoms with Crippen LogP contribution < -0.4 is 15.0 Å². The van der Waals surface area contributed by atoms with Gasteiger partial charge in [-0.15, -0.1) is 0 Å². The summed E-state index contributed by atoms with van der Waals surface area (Å²) in [6, 6.07) is 13.5. The van der Waals surface area contributed by atoms with Gasteiger partial charge in [-0.2, -0.15) is 0 Å². The lowest BCUT2D eigenvalue weighted by atomic mass is 10.1. The molecule has 1 N–H and O–H groups in total. The molecule has 10 heteroatoms. The molecule has 1 aliphatic heterocycles. The lowest BCUT2D eigenvalue weighted by Crippen LogP contribution is -2.54. The number of hydrogen-bond donors (Lipinski definition) is 1. The Morgan fingerprint density at radius 3 is 2.23 bits per heavy atom. The fourth-order valence-electron chi connectivity index (χ4n) is 3.36. The number of nitrogens with zero attached hydrogens (tertiary/aromatic N) is 1. The van der Waals surface area contributed by atoms with Gasteiger partial charge < -0.3 is 4.74 Å². The van der Waals surface area contributed by atoms with Gasteiger partial charge in [0.15, 0.2) is 0 Å². The second kappa shape index (κ2) is 10.4. The molecule has 0 aromatic heterocycles. The van der Waals surface area contributed by atoms with E-state index in [1.54, 1.807) is 42.5 Å². The highest BCUT2D eigenvalue weighted by atomic mass is 79.9. The molecule has 3 aromatic rings. The Morgan fingerprint density at radius 1 is 0.943 bits per heavy atom. The third kappa shape index (κ3) is 5.55. The van der Waals surface area contributed by atoms with Crippen LogP contribution in [-0.2, 0) is 16.2 Å². The number of ether oxygens (including phenoxy) is 1. The fourth-order valence-corrected chi connectivity index (χ4v) is 5.06. The maximum absolute atomic E-state index is 13.2. The molecule has 4 rings (SSSR count). The molecule has 0 radical (unpaired) electrons. The summed E-state index contributed by atoms with van der Waals surface area (Å²) >= 11 is 10.3. The monoisotopic (exact) mass is 664 g/mol. The molecule has 178 valence electrons. The van der Waals surface area contributed by atoms with Gasteiger partial charge in [0.1, 0.15) is 23.7 Å². The standard InChI is InChI=1S/C25H16Br3FN2O4/c1-13-8-17(6-7-19(13)26)31-24(33)18(23(32)30-25(31)34)9-15-10-20(27)22(21(28)11-15)35-12-14-2-4-16(29)5-3-14/h2-11H,12H2,1H3,(H,30,32,34)/b18-9+. The Labute approximate surface area is 225 Å². The van der Waals surface area contributed by atoms with E-state index in [1.807, 2.05) is 6.92 Å². The van der Waals surface area contributed by atoms with Crippen molar-refractivity contribution in [1.82, 2.24) is 5.32 Å². The van der Waals surface area contributed by atoms with Crippen molar-refractivity contribution in [2.24, 2.45) is 0 Å². The molecule has 0 saturated carbocycles. The van der Waals surface area contributed by atoms with Gasteiger partial charge in [0.2, 0.25) is 0 Å². The second-order valence-corrected chi connectivity index (χ2v) is 10.2. The maximum atomic E-state index is 13.2. The number of aryl methyl sites for hydroxylation is 1. The molecule has 0 aliphatic carbocycles. The minimum absolute atomic E-state index is 0.191. The van der Waals surface area contributed by atoms with Crippen LogP contribution in [0.3, 0.4) is 0 Å². The highest BCUT2D eigenvalue weighted by molar-refractivity contribution is 9.11. The zero-order chi connectivity index (χ0) is 25.3. The molecule has 3 aromatic carbocycles. The first kappa shape index (κ1) is 25.3. The van der Waals surface area contributed by atoms with Crippen LogP contribution in [0, 0.1) is 12.7 Å². The normalized spacial score (nSPS) is 14.9. The van der Waals surface area contributed by atoms with E-state index in [9.17, 15) is 18.8 Å². The van der Waals surface area contributed by atoms with Gasteiger partial charge >= 0.3 is 6.03 Å². The summed E-state index contributed by atoms with van der Waals surface area (Å²) in [5.74, 6) is -1.35. The summed E-state index contributed by atoms with van der Waals surface area (Å²) in [6.07, 6.45) is 1.40. The average Bonchev–Trinajstić information content (AvgIpc) is 2.79. The van der Waals surface area contributed by atoms with Gasteiger partial charge in [0.25, 0.3) is 11.8 Å². The van der Waals surface area contributed by atoms with Gasteiger partial charge in [-0.25, -0.2) is 14.1 Å². The number of amides is 4.